The van der Waals surface area contributed by atoms with Gasteiger partial charge >= 0.3 is 0 Å². The molecular formula is C20H25N3O2S. The van der Waals surface area contributed by atoms with Crippen molar-refractivity contribution in [3.63, 3.8) is 0 Å². The highest BCUT2D eigenvalue weighted by Gasteiger charge is 2.17. The maximum Gasteiger partial charge on any atom is 0.226 e. The molecule has 0 atom stereocenters. The molecule has 5 nitrogen and oxygen atoms in total. The van der Waals surface area contributed by atoms with Crippen LogP contribution in [-0.4, -0.2) is 16.8 Å². The number of hydrogen-bond acceptors (Lipinski definition) is 4. The summed E-state index contributed by atoms with van der Waals surface area (Å²) in [5, 5.41) is 8.34. The normalized spacial score (nSPS) is 14.8. The number of rotatable bonds is 6. The van der Waals surface area contributed by atoms with Crippen molar-refractivity contribution in [2.45, 2.75) is 52.0 Å². The average Bonchev–Trinajstić information content (AvgIpc) is 3.09. The molecule has 3 rings (SSSR count). The Labute approximate surface area is 158 Å². The maximum absolute atomic E-state index is 12.2. The van der Waals surface area contributed by atoms with E-state index in [0.29, 0.717) is 24.0 Å². The minimum atomic E-state index is -0.0396. The van der Waals surface area contributed by atoms with Gasteiger partial charge in [-0.15, -0.1) is 11.3 Å². The van der Waals surface area contributed by atoms with Gasteiger partial charge in [-0.05, 0) is 24.3 Å². The molecule has 1 aliphatic carbocycles. The SMILES string of the molecule is CC(=O)NCc1ccc(-c2csc(NC(=O)CC3CCCCC3)n2)cc1. The van der Waals surface area contributed by atoms with Crippen molar-refractivity contribution in [3.8, 4) is 11.3 Å². The first kappa shape index (κ1) is 18.6. The van der Waals surface area contributed by atoms with E-state index < -0.39 is 0 Å². The number of anilines is 1. The highest BCUT2D eigenvalue weighted by Crippen LogP contribution is 2.28. The zero-order chi connectivity index (χ0) is 18.4. The smallest absolute Gasteiger partial charge is 0.226 e. The van der Waals surface area contributed by atoms with E-state index in [1.54, 1.807) is 0 Å². The van der Waals surface area contributed by atoms with E-state index in [-0.39, 0.29) is 11.8 Å². The molecular weight excluding hydrogens is 346 g/mol. The third-order valence-corrected chi connectivity index (χ3v) is 5.50. The largest absolute Gasteiger partial charge is 0.352 e. The highest BCUT2D eigenvalue weighted by molar-refractivity contribution is 7.14. The van der Waals surface area contributed by atoms with Crippen LogP contribution in [0.25, 0.3) is 11.3 Å². The number of nitrogens with one attached hydrogen (secondary N) is 2. The molecule has 1 saturated carbocycles. The molecule has 1 aliphatic rings. The molecule has 0 radical (unpaired) electrons. The second-order valence-electron chi connectivity index (χ2n) is 6.90. The second kappa shape index (κ2) is 8.94. The van der Waals surface area contributed by atoms with E-state index >= 15 is 0 Å². The zero-order valence-electron chi connectivity index (χ0n) is 15.1. The number of nitrogens with zero attached hydrogens (tertiary/aromatic N) is 1. The summed E-state index contributed by atoms with van der Waals surface area (Å²) >= 11 is 1.45. The van der Waals surface area contributed by atoms with Crippen LogP contribution in [0.1, 0.15) is 51.0 Å². The summed E-state index contributed by atoms with van der Waals surface area (Å²) in [6.07, 6.45) is 6.74. The van der Waals surface area contributed by atoms with Gasteiger partial charge in [-0.25, -0.2) is 4.98 Å². The van der Waals surface area contributed by atoms with Crippen molar-refractivity contribution in [1.29, 1.82) is 0 Å². The fourth-order valence-electron chi connectivity index (χ4n) is 3.31. The van der Waals surface area contributed by atoms with Gasteiger partial charge in [0.05, 0.1) is 5.69 Å². The van der Waals surface area contributed by atoms with Crippen LogP contribution in [-0.2, 0) is 16.1 Å². The van der Waals surface area contributed by atoms with E-state index in [0.717, 1.165) is 16.8 Å². The lowest BCUT2D eigenvalue weighted by Crippen LogP contribution is -2.18. The average molecular weight is 372 g/mol. The zero-order valence-corrected chi connectivity index (χ0v) is 15.9. The van der Waals surface area contributed by atoms with Crippen molar-refractivity contribution >= 4 is 28.3 Å². The lowest BCUT2D eigenvalue weighted by atomic mass is 9.87. The first-order valence-electron chi connectivity index (χ1n) is 9.19. The van der Waals surface area contributed by atoms with Crippen LogP contribution < -0.4 is 10.6 Å². The molecule has 0 bridgehead atoms. The molecule has 1 heterocycles. The highest BCUT2D eigenvalue weighted by atomic mass is 32.1. The number of thiazole rings is 1. The van der Waals surface area contributed by atoms with Crippen LogP contribution in [0.5, 0.6) is 0 Å². The summed E-state index contributed by atoms with van der Waals surface area (Å²) < 4.78 is 0. The van der Waals surface area contributed by atoms with Gasteiger partial charge in [0.1, 0.15) is 0 Å². The van der Waals surface area contributed by atoms with Gasteiger partial charge < -0.3 is 10.6 Å². The maximum atomic E-state index is 12.2. The van der Waals surface area contributed by atoms with Gasteiger partial charge in [0.15, 0.2) is 5.13 Å². The Balaban J connectivity index is 1.55. The molecule has 138 valence electrons. The predicted molar refractivity (Wildman–Crippen MR) is 105 cm³/mol. The molecule has 2 amide bonds. The Hall–Kier alpha value is -2.21. The Bertz CT molecular complexity index is 749. The van der Waals surface area contributed by atoms with Gasteiger partial charge in [0.25, 0.3) is 0 Å². The number of carbonyl (C=O) groups is 2. The minimum absolute atomic E-state index is 0.0396. The van der Waals surface area contributed by atoms with Gasteiger partial charge in [-0.3, -0.25) is 9.59 Å². The Kier molecular flexibility index (Phi) is 6.39. The van der Waals surface area contributed by atoms with E-state index in [4.69, 9.17) is 0 Å². The van der Waals surface area contributed by atoms with Crippen LogP contribution in [0, 0.1) is 5.92 Å². The third-order valence-electron chi connectivity index (χ3n) is 4.74. The lowest BCUT2D eigenvalue weighted by molar-refractivity contribution is -0.119. The molecule has 0 unspecified atom stereocenters. The van der Waals surface area contributed by atoms with Crippen molar-refractivity contribution < 1.29 is 9.59 Å². The monoisotopic (exact) mass is 371 g/mol. The van der Waals surface area contributed by atoms with Crippen molar-refractivity contribution in [3.05, 3.63) is 35.2 Å². The molecule has 0 aliphatic heterocycles. The second-order valence-corrected chi connectivity index (χ2v) is 7.76. The number of carbonyl (C=O) groups excluding carboxylic acids is 2. The number of aromatic nitrogens is 1. The lowest BCUT2D eigenvalue weighted by Gasteiger charge is -2.20. The first-order valence-corrected chi connectivity index (χ1v) is 10.1. The summed E-state index contributed by atoms with van der Waals surface area (Å²) in [6.45, 7) is 2.03. The Morgan fingerprint density at radius 1 is 1.15 bits per heavy atom. The van der Waals surface area contributed by atoms with E-state index in [9.17, 15) is 9.59 Å². The minimum Gasteiger partial charge on any atom is -0.352 e. The Morgan fingerprint density at radius 3 is 2.58 bits per heavy atom. The topological polar surface area (TPSA) is 71.1 Å². The van der Waals surface area contributed by atoms with Crippen molar-refractivity contribution in [1.82, 2.24) is 10.3 Å². The molecule has 2 aromatic rings. The number of benzene rings is 1. The molecule has 1 fully saturated rings. The fraction of sp³-hybridized carbons (Fsp3) is 0.450. The van der Waals surface area contributed by atoms with Crippen LogP contribution in [0.3, 0.4) is 0 Å². The van der Waals surface area contributed by atoms with E-state index in [1.807, 2.05) is 29.6 Å². The number of hydrogen-bond donors (Lipinski definition) is 2. The van der Waals surface area contributed by atoms with E-state index in [1.165, 1.54) is 50.4 Å². The van der Waals surface area contributed by atoms with Crippen molar-refractivity contribution in [2.75, 3.05) is 5.32 Å². The first-order chi connectivity index (χ1) is 12.6. The fourth-order valence-corrected chi connectivity index (χ4v) is 4.04. The van der Waals surface area contributed by atoms with E-state index in [2.05, 4.69) is 15.6 Å². The van der Waals surface area contributed by atoms with Crippen LogP contribution in [0.15, 0.2) is 29.6 Å². The van der Waals surface area contributed by atoms with Crippen LogP contribution in [0.2, 0.25) is 0 Å². The summed E-state index contributed by atoms with van der Waals surface area (Å²) in [6, 6.07) is 7.93. The summed E-state index contributed by atoms with van der Waals surface area (Å²) in [5.41, 5.74) is 2.90. The molecule has 2 N–H and O–H groups in total. The van der Waals surface area contributed by atoms with Crippen LogP contribution in [0.4, 0.5) is 5.13 Å². The quantitative estimate of drug-likeness (QED) is 0.793. The molecule has 0 saturated heterocycles. The summed E-state index contributed by atoms with van der Waals surface area (Å²) in [4.78, 5) is 27.7. The van der Waals surface area contributed by atoms with Gasteiger partial charge in [-0.1, -0.05) is 43.5 Å². The molecule has 1 aromatic carbocycles. The van der Waals surface area contributed by atoms with Crippen molar-refractivity contribution in [2.24, 2.45) is 5.92 Å². The standard InChI is InChI=1S/C20H25N3O2S/c1-14(24)21-12-16-7-9-17(10-8-16)18-13-26-20(22-18)23-19(25)11-15-5-3-2-4-6-15/h7-10,13,15H,2-6,11-12H2,1H3,(H,21,24)(H,22,23,25). The Morgan fingerprint density at radius 2 is 1.88 bits per heavy atom. The molecule has 6 heteroatoms. The summed E-state index contributed by atoms with van der Waals surface area (Å²) in [7, 11) is 0. The number of amides is 2. The molecule has 1 aromatic heterocycles. The summed E-state index contributed by atoms with van der Waals surface area (Å²) in [5.74, 6) is 0.560. The third kappa shape index (κ3) is 5.39. The molecule has 26 heavy (non-hydrogen) atoms. The van der Waals surface area contributed by atoms with Gasteiger partial charge in [-0.2, -0.15) is 0 Å². The van der Waals surface area contributed by atoms with Gasteiger partial charge in [0, 0.05) is 30.8 Å². The van der Waals surface area contributed by atoms with Crippen LogP contribution >= 0.6 is 11.3 Å². The predicted octanol–water partition coefficient (Wildman–Crippen LogP) is 4.36. The van der Waals surface area contributed by atoms with Gasteiger partial charge in [0.2, 0.25) is 11.8 Å². The molecule has 0 spiro atoms.